The molecule has 1 aromatic carbocycles. The van der Waals surface area contributed by atoms with Crippen molar-refractivity contribution in [2.45, 2.75) is 37.8 Å². The second-order valence-electron chi connectivity index (χ2n) is 6.09. The van der Waals surface area contributed by atoms with Crippen LogP contribution in [0.25, 0.3) is 0 Å². The van der Waals surface area contributed by atoms with E-state index in [0.717, 1.165) is 18.1 Å². The number of sulfonamides is 1. The Morgan fingerprint density at radius 2 is 1.91 bits per heavy atom. The minimum atomic E-state index is -3.37. The molecule has 1 saturated carbocycles. The van der Waals surface area contributed by atoms with Crippen molar-refractivity contribution in [3.05, 3.63) is 29.8 Å². The van der Waals surface area contributed by atoms with Crippen molar-refractivity contribution in [1.82, 2.24) is 14.9 Å². The van der Waals surface area contributed by atoms with E-state index in [0.29, 0.717) is 23.4 Å². The van der Waals surface area contributed by atoms with E-state index in [4.69, 9.17) is 0 Å². The van der Waals surface area contributed by atoms with E-state index in [1.165, 1.54) is 24.8 Å². The van der Waals surface area contributed by atoms with Gasteiger partial charge in [-0.3, -0.25) is 0 Å². The lowest BCUT2D eigenvalue weighted by atomic mass is 10.2. The minimum absolute atomic E-state index is 0.298. The second-order valence-corrected chi connectivity index (χ2v) is 8.24. The van der Waals surface area contributed by atoms with E-state index in [2.05, 4.69) is 22.5 Å². The van der Waals surface area contributed by atoms with E-state index < -0.39 is 10.0 Å². The number of rotatable bonds is 6. The number of nitrogens with zero attached hydrogens (tertiary/aromatic N) is 2. The van der Waals surface area contributed by atoms with E-state index in [9.17, 15) is 8.42 Å². The van der Waals surface area contributed by atoms with Crippen LogP contribution in [0.3, 0.4) is 0 Å². The number of hydrogen-bond acceptors (Lipinski definition) is 3. The fraction of sp³-hybridized carbons (Fsp3) is 0.562. The summed E-state index contributed by atoms with van der Waals surface area (Å²) < 4.78 is 25.3. The number of nitrogens with one attached hydrogen (secondary N) is 2. The molecule has 0 heterocycles. The average Bonchev–Trinajstić information content (AvgIpc) is 3.20. The van der Waals surface area contributed by atoms with Crippen LogP contribution in [0.2, 0.25) is 0 Å². The van der Waals surface area contributed by atoms with Crippen molar-refractivity contribution in [2.75, 3.05) is 20.6 Å². The van der Waals surface area contributed by atoms with Crippen LogP contribution in [-0.2, 0) is 16.6 Å². The highest BCUT2D eigenvalue weighted by molar-refractivity contribution is 7.89. The van der Waals surface area contributed by atoms with Crippen LogP contribution in [0, 0.1) is 5.92 Å². The van der Waals surface area contributed by atoms with Crippen molar-refractivity contribution in [3.8, 4) is 0 Å². The topological polar surface area (TPSA) is 73.8 Å². The van der Waals surface area contributed by atoms with Gasteiger partial charge in [-0.25, -0.2) is 17.7 Å². The SMILES string of the molecule is CCNC(=NCc1ccc(S(=O)(=O)N(C)C)cc1)NC1CC1C. The summed E-state index contributed by atoms with van der Waals surface area (Å²) in [5, 5.41) is 6.63. The van der Waals surface area contributed by atoms with Gasteiger partial charge >= 0.3 is 0 Å². The molecule has 0 saturated heterocycles. The van der Waals surface area contributed by atoms with Crippen LogP contribution in [0.4, 0.5) is 0 Å². The lowest BCUT2D eigenvalue weighted by molar-refractivity contribution is 0.520. The summed E-state index contributed by atoms with van der Waals surface area (Å²) in [6.45, 7) is 5.57. The molecule has 1 aliphatic rings. The maximum absolute atomic E-state index is 12.0. The molecular weight excluding hydrogens is 312 g/mol. The zero-order valence-corrected chi connectivity index (χ0v) is 15.0. The number of hydrogen-bond donors (Lipinski definition) is 2. The fourth-order valence-corrected chi connectivity index (χ4v) is 3.07. The van der Waals surface area contributed by atoms with Crippen LogP contribution in [-0.4, -0.2) is 45.4 Å². The Hall–Kier alpha value is -1.60. The van der Waals surface area contributed by atoms with Crippen molar-refractivity contribution in [3.63, 3.8) is 0 Å². The first-order valence-electron chi connectivity index (χ1n) is 7.91. The third kappa shape index (κ3) is 4.68. The molecule has 128 valence electrons. The van der Waals surface area contributed by atoms with Gasteiger partial charge < -0.3 is 10.6 Å². The predicted octanol–water partition coefficient (Wildman–Crippen LogP) is 1.40. The van der Waals surface area contributed by atoms with Gasteiger partial charge in [0.15, 0.2) is 5.96 Å². The molecule has 2 N–H and O–H groups in total. The van der Waals surface area contributed by atoms with Crippen LogP contribution in [0.5, 0.6) is 0 Å². The minimum Gasteiger partial charge on any atom is -0.357 e. The molecule has 0 bridgehead atoms. The second kappa shape index (κ2) is 7.31. The fourth-order valence-electron chi connectivity index (χ4n) is 2.17. The Morgan fingerprint density at radius 1 is 1.30 bits per heavy atom. The maximum atomic E-state index is 12.0. The molecule has 0 spiro atoms. The summed E-state index contributed by atoms with van der Waals surface area (Å²) >= 11 is 0. The van der Waals surface area contributed by atoms with Gasteiger partial charge in [0.1, 0.15) is 0 Å². The summed E-state index contributed by atoms with van der Waals surface area (Å²) in [6, 6.07) is 7.39. The molecule has 0 aromatic heterocycles. The zero-order chi connectivity index (χ0) is 17.0. The van der Waals surface area contributed by atoms with Gasteiger partial charge in [-0.05, 0) is 37.0 Å². The summed E-state index contributed by atoms with van der Waals surface area (Å²) in [5.41, 5.74) is 0.976. The van der Waals surface area contributed by atoms with Gasteiger partial charge in [0.2, 0.25) is 10.0 Å². The van der Waals surface area contributed by atoms with E-state index in [-0.39, 0.29) is 0 Å². The smallest absolute Gasteiger partial charge is 0.242 e. The Labute approximate surface area is 139 Å². The standard InChI is InChI=1S/C16H26N4O2S/c1-5-17-16(19-15-10-12(15)2)18-11-13-6-8-14(9-7-13)23(21,22)20(3)4/h6-9,12,15H,5,10-11H2,1-4H3,(H2,17,18,19). The summed E-state index contributed by atoms with van der Waals surface area (Å²) in [7, 11) is -0.317. The Bertz CT molecular complexity index is 653. The normalized spacial score (nSPS) is 21.3. The first-order valence-corrected chi connectivity index (χ1v) is 9.35. The number of aliphatic imine (C=N–C) groups is 1. The lowest BCUT2D eigenvalue weighted by Gasteiger charge is -2.12. The molecule has 1 aromatic rings. The van der Waals surface area contributed by atoms with E-state index in [1.807, 2.05) is 19.1 Å². The molecule has 0 amide bonds. The lowest BCUT2D eigenvalue weighted by Crippen LogP contribution is -2.39. The highest BCUT2D eigenvalue weighted by atomic mass is 32.2. The molecular formula is C16H26N4O2S. The zero-order valence-electron chi connectivity index (χ0n) is 14.2. The highest BCUT2D eigenvalue weighted by Crippen LogP contribution is 2.28. The molecule has 2 rings (SSSR count). The third-order valence-corrected chi connectivity index (χ3v) is 5.73. The number of benzene rings is 1. The summed E-state index contributed by atoms with van der Waals surface area (Å²) in [5.74, 6) is 1.52. The van der Waals surface area contributed by atoms with E-state index in [1.54, 1.807) is 12.1 Å². The monoisotopic (exact) mass is 338 g/mol. The first-order chi connectivity index (χ1) is 10.8. The predicted molar refractivity (Wildman–Crippen MR) is 92.8 cm³/mol. The maximum Gasteiger partial charge on any atom is 0.242 e. The van der Waals surface area contributed by atoms with Gasteiger partial charge in [-0.15, -0.1) is 0 Å². The van der Waals surface area contributed by atoms with Gasteiger partial charge in [0.05, 0.1) is 11.4 Å². The molecule has 2 atom stereocenters. The first kappa shape index (κ1) is 17.7. The highest BCUT2D eigenvalue weighted by Gasteiger charge is 2.33. The quantitative estimate of drug-likeness (QED) is 0.607. The molecule has 1 aliphatic carbocycles. The van der Waals surface area contributed by atoms with Crippen LogP contribution in [0.15, 0.2) is 34.2 Å². The van der Waals surface area contributed by atoms with Crippen molar-refractivity contribution < 1.29 is 8.42 Å². The third-order valence-electron chi connectivity index (χ3n) is 3.90. The van der Waals surface area contributed by atoms with Gasteiger partial charge in [0, 0.05) is 26.7 Å². The van der Waals surface area contributed by atoms with Crippen molar-refractivity contribution in [1.29, 1.82) is 0 Å². The molecule has 7 heteroatoms. The molecule has 1 fully saturated rings. The van der Waals surface area contributed by atoms with Crippen molar-refractivity contribution in [2.24, 2.45) is 10.9 Å². The van der Waals surface area contributed by atoms with Crippen molar-refractivity contribution >= 4 is 16.0 Å². The Kier molecular flexibility index (Phi) is 5.64. The Balaban J connectivity index is 2.03. The Morgan fingerprint density at radius 3 is 2.39 bits per heavy atom. The van der Waals surface area contributed by atoms with Gasteiger partial charge in [-0.2, -0.15) is 0 Å². The molecule has 2 unspecified atom stereocenters. The molecule has 6 nitrogen and oxygen atoms in total. The number of guanidine groups is 1. The summed E-state index contributed by atoms with van der Waals surface area (Å²) in [4.78, 5) is 4.86. The molecule has 23 heavy (non-hydrogen) atoms. The van der Waals surface area contributed by atoms with Gasteiger partial charge in [-0.1, -0.05) is 19.1 Å². The van der Waals surface area contributed by atoms with E-state index >= 15 is 0 Å². The van der Waals surface area contributed by atoms with Gasteiger partial charge in [0.25, 0.3) is 0 Å². The van der Waals surface area contributed by atoms with Crippen LogP contribution < -0.4 is 10.6 Å². The summed E-state index contributed by atoms with van der Waals surface area (Å²) in [6.07, 6.45) is 1.18. The largest absolute Gasteiger partial charge is 0.357 e. The molecule has 0 radical (unpaired) electrons. The van der Waals surface area contributed by atoms with Crippen LogP contribution in [0.1, 0.15) is 25.8 Å². The molecule has 0 aliphatic heterocycles. The average molecular weight is 338 g/mol. The van der Waals surface area contributed by atoms with Crippen LogP contribution >= 0.6 is 0 Å².